The summed E-state index contributed by atoms with van der Waals surface area (Å²) in [5.41, 5.74) is 1.97. The van der Waals surface area contributed by atoms with Crippen LogP contribution in [0.5, 0.6) is 0 Å². The minimum Gasteiger partial charge on any atom is -0.353 e. The van der Waals surface area contributed by atoms with E-state index in [1.54, 1.807) is 18.3 Å². The number of rotatable bonds is 6. The predicted octanol–water partition coefficient (Wildman–Crippen LogP) is 4.00. The van der Waals surface area contributed by atoms with E-state index in [1.165, 1.54) is 12.4 Å². The summed E-state index contributed by atoms with van der Waals surface area (Å²) in [6.45, 7) is 4.62. The van der Waals surface area contributed by atoms with Crippen molar-refractivity contribution in [2.75, 3.05) is 36.4 Å². The Balaban J connectivity index is 1.30. The van der Waals surface area contributed by atoms with Gasteiger partial charge in [-0.3, -0.25) is 4.79 Å². The Hall–Kier alpha value is -3.26. The molecular weight excluding hydrogens is 431 g/mol. The van der Waals surface area contributed by atoms with Gasteiger partial charge in [-0.15, -0.1) is 0 Å². The molecule has 1 fully saturated rings. The largest absolute Gasteiger partial charge is 0.353 e. The van der Waals surface area contributed by atoms with Gasteiger partial charge in [-0.05, 0) is 48.7 Å². The SMILES string of the molecule is Cc1ccnc(Nc2cc(N3CCN(C(=O)CCc4ccc(F)c(Cl)c4)CC3)ncn2)c1. The highest BCUT2D eigenvalue weighted by Gasteiger charge is 2.22. The molecule has 9 heteroatoms. The first-order valence-corrected chi connectivity index (χ1v) is 10.8. The average Bonchev–Trinajstić information content (AvgIpc) is 2.80. The maximum atomic E-state index is 13.3. The first-order valence-electron chi connectivity index (χ1n) is 10.5. The van der Waals surface area contributed by atoms with Gasteiger partial charge < -0.3 is 15.1 Å². The number of carbonyl (C=O) groups excluding carboxylic acids is 1. The van der Waals surface area contributed by atoms with E-state index >= 15 is 0 Å². The van der Waals surface area contributed by atoms with Gasteiger partial charge in [-0.1, -0.05) is 17.7 Å². The molecule has 3 aromatic rings. The molecule has 1 amide bonds. The van der Waals surface area contributed by atoms with Crippen LogP contribution in [0, 0.1) is 12.7 Å². The zero-order valence-corrected chi connectivity index (χ0v) is 18.5. The molecule has 1 aromatic carbocycles. The van der Waals surface area contributed by atoms with Gasteiger partial charge in [0.25, 0.3) is 0 Å². The predicted molar refractivity (Wildman–Crippen MR) is 123 cm³/mol. The molecule has 0 aliphatic carbocycles. The van der Waals surface area contributed by atoms with E-state index in [-0.39, 0.29) is 10.9 Å². The Morgan fingerprint density at radius 3 is 2.59 bits per heavy atom. The van der Waals surface area contributed by atoms with Crippen LogP contribution in [0.4, 0.5) is 21.8 Å². The van der Waals surface area contributed by atoms with Gasteiger partial charge in [0.15, 0.2) is 0 Å². The molecule has 2 aromatic heterocycles. The molecule has 0 radical (unpaired) electrons. The monoisotopic (exact) mass is 454 g/mol. The van der Waals surface area contributed by atoms with Crippen molar-refractivity contribution in [3.05, 3.63) is 70.9 Å². The maximum Gasteiger partial charge on any atom is 0.223 e. The molecule has 1 saturated heterocycles. The minimum absolute atomic E-state index is 0.0838. The smallest absolute Gasteiger partial charge is 0.223 e. The van der Waals surface area contributed by atoms with E-state index in [1.807, 2.05) is 30.0 Å². The third-order valence-corrected chi connectivity index (χ3v) is 5.68. The molecule has 1 aliphatic heterocycles. The van der Waals surface area contributed by atoms with E-state index in [9.17, 15) is 9.18 Å². The number of pyridine rings is 1. The van der Waals surface area contributed by atoms with Crippen molar-refractivity contribution in [3.63, 3.8) is 0 Å². The highest BCUT2D eigenvalue weighted by Crippen LogP contribution is 2.20. The summed E-state index contributed by atoms with van der Waals surface area (Å²) < 4.78 is 13.3. The fraction of sp³-hybridized carbons (Fsp3) is 0.304. The third-order valence-electron chi connectivity index (χ3n) is 5.39. The zero-order chi connectivity index (χ0) is 22.5. The number of piperazine rings is 1. The van der Waals surface area contributed by atoms with Crippen molar-refractivity contribution in [2.45, 2.75) is 19.8 Å². The number of nitrogens with zero attached hydrogens (tertiary/aromatic N) is 5. The number of hydrogen-bond donors (Lipinski definition) is 1. The molecule has 0 bridgehead atoms. The van der Waals surface area contributed by atoms with Crippen LogP contribution in [-0.4, -0.2) is 51.9 Å². The number of aryl methyl sites for hydroxylation is 2. The number of anilines is 3. The molecule has 7 nitrogen and oxygen atoms in total. The summed E-state index contributed by atoms with van der Waals surface area (Å²) in [4.78, 5) is 29.6. The van der Waals surface area contributed by atoms with Crippen LogP contribution in [0.2, 0.25) is 5.02 Å². The first-order chi connectivity index (χ1) is 15.5. The molecule has 4 rings (SSSR count). The summed E-state index contributed by atoms with van der Waals surface area (Å²) in [5.74, 6) is 1.84. The molecular formula is C23H24ClFN6O. The van der Waals surface area contributed by atoms with Crippen LogP contribution in [0.15, 0.2) is 48.9 Å². The Morgan fingerprint density at radius 1 is 1.06 bits per heavy atom. The Kier molecular flexibility index (Phi) is 6.80. The molecule has 32 heavy (non-hydrogen) atoms. The normalized spacial score (nSPS) is 13.8. The zero-order valence-electron chi connectivity index (χ0n) is 17.8. The number of carbonyl (C=O) groups is 1. The lowest BCUT2D eigenvalue weighted by Crippen LogP contribution is -2.49. The molecule has 166 valence electrons. The number of benzene rings is 1. The van der Waals surface area contributed by atoms with Gasteiger partial charge in [0.05, 0.1) is 5.02 Å². The molecule has 0 saturated carbocycles. The van der Waals surface area contributed by atoms with Crippen LogP contribution >= 0.6 is 11.6 Å². The lowest BCUT2D eigenvalue weighted by molar-refractivity contribution is -0.131. The third kappa shape index (κ3) is 5.50. The molecule has 0 spiro atoms. The van der Waals surface area contributed by atoms with Gasteiger partial charge in [0.1, 0.15) is 29.6 Å². The first kappa shape index (κ1) is 22.0. The number of halogens is 2. The number of aromatic nitrogens is 3. The molecule has 0 unspecified atom stereocenters. The Bertz CT molecular complexity index is 1100. The van der Waals surface area contributed by atoms with Gasteiger partial charge in [0.2, 0.25) is 5.91 Å². The van der Waals surface area contributed by atoms with Gasteiger partial charge in [0, 0.05) is 44.9 Å². The van der Waals surface area contributed by atoms with Crippen molar-refractivity contribution in [2.24, 2.45) is 0 Å². The highest BCUT2D eigenvalue weighted by molar-refractivity contribution is 6.30. The summed E-state index contributed by atoms with van der Waals surface area (Å²) in [6.07, 6.45) is 4.18. The van der Waals surface area contributed by atoms with Crippen molar-refractivity contribution >= 4 is 35.0 Å². The molecule has 1 N–H and O–H groups in total. The van der Waals surface area contributed by atoms with Crippen molar-refractivity contribution < 1.29 is 9.18 Å². The molecule has 1 aliphatic rings. The fourth-order valence-electron chi connectivity index (χ4n) is 3.61. The standard InChI is InChI=1S/C23H24ClFN6O/c1-16-6-7-26-20(12-16)29-21-14-22(28-15-27-21)30-8-10-31(11-9-30)23(32)5-3-17-2-4-19(25)18(24)13-17/h2,4,6-7,12-15H,3,5,8-11H2,1H3,(H,26,27,28,29). The molecule has 0 atom stereocenters. The quantitative estimate of drug-likeness (QED) is 0.607. The molecule has 3 heterocycles. The van der Waals surface area contributed by atoms with Gasteiger partial charge in [-0.2, -0.15) is 0 Å². The van der Waals surface area contributed by atoms with Crippen LogP contribution in [0.3, 0.4) is 0 Å². The average molecular weight is 455 g/mol. The summed E-state index contributed by atoms with van der Waals surface area (Å²) in [7, 11) is 0. The van der Waals surface area contributed by atoms with Crippen LogP contribution < -0.4 is 10.2 Å². The second-order valence-electron chi connectivity index (χ2n) is 7.72. The maximum absolute atomic E-state index is 13.3. The van der Waals surface area contributed by atoms with Gasteiger partial charge in [-0.25, -0.2) is 19.3 Å². The van der Waals surface area contributed by atoms with E-state index < -0.39 is 5.82 Å². The van der Waals surface area contributed by atoms with Crippen LogP contribution in [0.25, 0.3) is 0 Å². The highest BCUT2D eigenvalue weighted by atomic mass is 35.5. The number of nitrogens with one attached hydrogen (secondary N) is 1. The second kappa shape index (κ2) is 9.91. The van der Waals surface area contributed by atoms with Crippen molar-refractivity contribution in [3.8, 4) is 0 Å². The topological polar surface area (TPSA) is 74.2 Å². The summed E-state index contributed by atoms with van der Waals surface area (Å²) in [5, 5.41) is 3.29. The summed E-state index contributed by atoms with van der Waals surface area (Å²) >= 11 is 5.82. The number of amides is 1. The van der Waals surface area contributed by atoms with E-state index in [0.29, 0.717) is 44.8 Å². The van der Waals surface area contributed by atoms with Crippen molar-refractivity contribution in [1.29, 1.82) is 0 Å². The van der Waals surface area contributed by atoms with E-state index in [2.05, 4.69) is 25.2 Å². The number of hydrogen-bond acceptors (Lipinski definition) is 6. The van der Waals surface area contributed by atoms with Crippen LogP contribution in [-0.2, 0) is 11.2 Å². The van der Waals surface area contributed by atoms with Crippen molar-refractivity contribution in [1.82, 2.24) is 19.9 Å². The van der Waals surface area contributed by atoms with E-state index in [0.717, 1.165) is 22.8 Å². The lowest BCUT2D eigenvalue weighted by Gasteiger charge is -2.35. The summed E-state index contributed by atoms with van der Waals surface area (Å²) in [6, 6.07) is 10.4. The van der Waals surface area contributed by atoms with Gasteiger partial charge >= 0.3 is 0 Å². The minimum atomic E-state index is -0.448. The lowest BCUT2D eigenvalue weighted by atomic mass is 10.1. The fourth-order valence-corrected chi connectivity index (χ4v) is 3.82. The Morgan fingerprint density at radius 2 is 1.84 bits per heavy atom. The second-order valence-corrected chi connectivity index (χ2v) is 8.13. The Labute approximate surface area is 191 Å². The van der Waals surface area contributed by atoms with E-state index in [4.69, 9.17) is 11.6 Å². The van der Waals surface area contributed by atoms with Crippen LogP contribution in [0.1, 0.15) is 17.5 Å².